The fourth-order valence-electron chi connectivity index (χ4n) is 0.525. The summed E-state index contributed by atoms with van der Waals surface area (Å²) >= 11 is 1.69. The Hall–Kier alpha value is -0.740. The van der Waals surface area contributed by atoms with E-state index in [1.165, 1.54) is 0 Å². The van der Waals surface area contributed by atoms with Crippen LogP contribution in [0.25, 0.3) is 0 Å². The molecule has 0 aliphatic heterocycles. The first-order valence-electron chi connectivity index (χ1n) is 3.96. The van der Waals surface area contributed by atoms with Gasteiger partial charge in [0.25, 0.3) is 0 Å². The van der Waals surface area contributed by atoms with Crippen molar-refractivity contribution in [3.05, 3.63) is 22.4 Å². The molecule has 11 heavy (non-hydrogen) atoms. The van der Waals surface area contributed by atoms with Crippen LogP contribution in [-0.4, -0.2) is 0 Å². The summed E-state index contributed by atoms with van der Waals surface area (Å²) in [6, 6.07) is 4.05. The van der Waals surface area contributed by atoms with Crippen molar-refractivity contribution in [1.29, 1.82) is 0 Å². The van der Waals surface area contributed by atoms with E-state index in [1.807, 2.05) is 31.4 Å². The topological polar surface area (TPSA) is 0 Å². The summed E-state index contributed by atoms with van der Waals surface area (Å²) in [6.07, 6.45) is 0.942. The molecular weight excluding hydrogens is 152 g/mol. The van der Waals surface area contributed by atoms with E-state index < -0.39 is 0 Å². The van der Waals surface area contributed by atoms with Gasteiger partial charge in [0.15, 0.2) is 0 Å². The number of hydrogen-bond acceptors (Lipinski definition) is 1. The van der Waals surface area contributed by atoms with Crippen LogP contribution >= 0.6 is 11.3 Å². The molecule has 0 spiro atoms. The molecule has 1 rings (SSSR count). The third-order valence-corrected chi connectivity index (χ3v) is 1.69. The zero-order chi connectivity index (χ0) is 8.53. The molecule has 0 amide bonds. The number of hydrogen-bond donors (Lipinski definition) is 0. The van der Waals surface area contributed by atoms with Crippen LogP contribution < -0.4 is 0 Å². The zero-order valence-electron chi connectivity index (χ0n) is 7.35. The van der Waals surface area contributed by atoms with Crippen molar-refractivity contribution in [2.45, 2.75) is 27.2 Å². The van der Waals surface area contributed by atoms with Crippen LogP contribution in [0.4, 0.5) is 0 Å². The molecule has 1 aromatic heterocycles. The molecule has 0 nitrogen and oxygen atoms in total. The van der Waals surface area contributed by atoms with E-state index >= 15 is 0 Å². The minimum absolute atomic E-state index is 0.942. The highest BCUT2D eigenvalue weighted by Gasteiger charge is 1.81. The second kappa shape index (κ2) is 7.37. The third kappa shape index (κ3) is 4.64. The molecule has 0 N–H and O–H groups in total. The van der Waals surface area contributed by atoms with E-state index in [0.29, 0.717) is 0 Å². The van der Waals surface area contributed by atoms with Crippen LogP contribution in [0, 0.1) is 11.8 Å². The van der Waals surface area contributed by atoms with Gasteiger partial charge < -0.3 is 0 Å². The maximum Gasteiger partial charge on any atom is 0.0768 e. The van der Waals surface area contributed by atoms with Crippen LogP contribution in [0.3, 0.4) is 0 Å². The van der Waals surface area contributed by atoms with E-state index in [9.17, 15) is 0 Å². The largest absolute Gasteiger partial charge is 0.135 e. The standard InChI is InChI=1S/C8H8S.C2H6/c1-2-3-5-8-6-4-7-9-8;1-2/h4,6-7H,2H2,1H3;1-2H3. The summed E-state index contributed by atoms with van der Waals surface area (Å²) in [7, 11) is 0. The highest BCUT2D eigenvalue weighted by Crippen LogP contribution is 2.05. The summed E-state index contributed by atoms with van der Waals surface area (Å²) in [5, 5.41) is 2.04. The van der Waals surface area contributed by atoms with Crippen molar-refractivity contribution < 1.29 is 0 Å². The minimum Gasteiger partial charge on any atom is -0.135 e. The molecule has 0 aromatic carbocycles. The average Bonchev–Trinajstić information content (AvgIpc) is 2.57. The summed E-state index contributed by atoms with van der Waals surface area (Å²) in [5.41, 5.74) is 0. The van der Waals surface area contributed by atoms with Gasteiger partial charge in [-0.3, -0.25) is 0 Å². The highest BCUT2D eigenvalue weighted by molar-refractivity contribution is 7.10. The Morgan fingerprint density at radius 3 is 2.64 bits per heavy atom. The fourth-order valence-corrected chi connectivity index (χ4v) is 1.12. The van der Waals surface area contributed by atoms with E-state index in [0.717, 1.165) is 11.3 Å². The molecule has 0 aliphatic rings. The van der Waals surface area contributed by atoms with Crippen LogP contribution in [0.15, 0.2) is 17.5 Å². The fraction of sp³-hybridized carbons (Fsp3) is 0.400. The van der Waals surface area contributed by atoms with Crippen molar-refractivity contribution in [2.75, 3.05) is 0 Å². The van der Waals surface area contributed by atoms with Gasteiger partial charge in [-0.15, -0.1) is 11.3 Å². The Kier molecular flexibility index (Phi) is 6.87. The summed E-state index contributed by atoms with van der Waals surface area (Å²) in [6.45, 7) is 6.06. The molecule has 60 valence electrons. The summed E-state index contributed by atoms with van der Waals surface area (Å²) in [5.74, 6) is 6.05. The molecular formula is C10H14S. The van der Waals surface area contributed by atoms with Crippen LogP contribution in [-0.2, 0) is 0 Å². The zero-order valence-corrected chi connectivity index (χ0v) is 8.16. The second-order valence-corrected chi connectivity index (χ2v) is 2.58. The van der Waals surface area contributed by atoms with Gasteiger partial charge >= 0.3 is 0 Å². The lowest BCUT2D eigenvalue weighted by molar-refractivity contribution is 1.28. The Morgan fingerprint density at radius 2 is 2.18 bits per heavy atom. The molecule has 0 atom stereocenters. The average molecular weight is 166 g/mol. The Labute approximate surface area is 73.3 Å². The van der Waals surface area contributed by atoms with Crippen molar-refractivity contribution in [1.82, 2.24) is 0 Å². The molecule has 0 saturated carbocycles. The maximum absolute atomic E-state index is 3.04. The number of rotatable bonds is 0. The molecule has 0 bridgehead atoms. The molecule has 0 radical (unpaired) electrons. The van der Waals surface area contributed by atoms with Gasteiger partial charge in [0.1, 0.15) is 0 Å². The van der Waals surface area contributed by atoms with Crippen LogP contribution in [0.5, 0.6) is 0 Å². The third-order valence-electron chi connectivity index (χ3n) is 0.910. The van der Waals surface area contributed by atoms with Gasteiger partial charge in [-0.05, 0) is 11.4 Å². The molecule has 1 heteroatoms. The molecule has 0 aliphatic carbocycles. The summed E-state index contributed by atoms with van der Waals surface area (Å²) < 4.78 is 0. The van der Waals surface area contributed by atoms with Gasteiger partial charge in [0.2, 0.25) is 0 Å². The molecule has 1 heterocycles. The van der Waals surface area contributed by atoms with E-state index in [4.69, 9.17) is 0 Å². The molecule has 0 fully saturated rings. The first-order valence-corrected chi connectivity index (χ1v) is 4.84. The first-order chi connectivity index (χ1) is 5.43. The Balaban J connectivity index is 0.000000461. The van der Waals surface area contributed by atoms with Gasteiger partial charge in [0.05, 0.1) is 4.88 Å². The van der Waals surface area contributed by atoms with Crippen molar-refractivity contribution >= 4 is 11.3 Å². The van der Waals surface area contributed by atoms with Gasteiger partial charge in [-0.25, -0.2) is 0 Å². The second-order valence-electron chi connectivity index (χ2n) is 1.63. The van der Waals surface area contributed by atoms with Gasteiger partial charge in [-0.1, -0.05) is 38.7 Å². The van der Waals surface area contributed by atoms with Crippen molar-refractivity contribution in [3.8, 4) is 11.8 Å². The molecule has 1 aromatic rings. The van der Waals surface area contributed by atoms with Crippen molar-refractivity contribution in [2.24, 2.45) is 0 Å². The van der Waals surface area contributed by atoms with Gasteiger partial charge in [-0.2, -0.15) is 0 Å². The first kappa shape index (κ1) is 10.3. The lowest BCUT2D eigenvalue weighted by Gasteiger charge is -1.72. The van der Waals surface area contributed by atoms with Crippen LogP contribution in [0.1, 0.15) is 32.1 Å². The monoisotopic (exact) mass is 166 g/mol. The Bertz CT molecular complexity index is 211. The predicted octanol–water partition coefficient (Wildman–Crippen LogP) is 3.54. The Morgan fingerprint density at radius 1 is 1.45 bits per heavy atom. The molecule has 0 saturated heterocycles. The number of thiophene rings is 1. The smallest absolute Gasteiger partial charge is 0.0768 e. The van der Waals surface area contributed by atoms with Crippen molar-refractivity contribution in [3.63, 3.8) is 0 Å². The normalized spacial score (nSPS) is 7.18. The maximum atomic E-state index is 3.04. The van der Waals surface area contributed by atoms with E-state index in [1.54, 1.807) is 11.3 Å². The van der Waals surface area contributed by atoms with E-state index in [-0.39, 0.29) is 0 Å². The quantitative estimate of drug-likeness (QED) is 0.517. The molecule has 0 unspecified atom stereocenters. The SMILES string of the molecule is CC.CCC#Cc1cccs1. The highest BCUT2D eigenvalue weighted by atomic mass is 32.1. The lowest BCUT2D eigenvalue weighted by Crippen LogP contribution is -1.57. The predicted molar refractivity (Wildman–Crippen MR) is 52.8 cm³/mol. The van der Waals surface area contributed by atoms with Gasteiger partial charge in [0, 0.05) is 6.42 Å². The van der Waals surface area contributed by atoms with E-state index in [2.05, 4.69) is 18.8 Å². The minimum atomic E-state index is 0.942. The van der Waals surface area contributed by atoms with Crippen LogP contribution in [0.2, 0.25) is 0 Å². The summed E-state index contributed by atoms with van der Waals surface area (Å²) in [4.78, 5) is 1.16. The lowest BCUT2D eigenvalue weighted by atomic mass is 10.4.